The van der Waals surface area contributed by atoms with Crippen molar-refractivity contribution in [2.24, 2.45) is 0 Å². The van der Waals surface area contributed by atoms with Gasteiger partial charge in [0.25, 0.3) is 0 Å². The minimum absolute atomic E-state index is 0.0927. The maximum absolute atomic E-state index is 5.47. The normalized spacial score (nSPS) is 12.8. The Morgan fingerprint density at radius 3 is 3.00 bits per heavy atom. The summed E-state index contributed by atoms with van der Waals surface area (Å²) in [6, 6.07) is 3.73. The number of aromatic nitrogens is 4. The zero-order chi connectivity index (χ0) is 13.4. The third-order valence-corrected chi connectivity index (χ3v) is 3.29. The maximum atomic E-state index is 5.47. The average Bonchev–Trinajstić information content (AvgIpc) is 2.96. The molecule has 0 spiro atoms. The van der Waals surface area contributed by atoms with Gasteiger partial charge in [0.15, 0.2) is 5.65 Å². The molecule has 3 heterocycles. The van der Waals surface area contributed by atoms with E-state index in [2.05, 4.69) is 36.3 Å². The van der Waals surface area contributed by atoms with Crippen LogP contribution in [-0.2, 0) is 0 Å². The molecule has 7 heteroatoms. The molecule has 98 valence electrons. The first-order chi connectivity index (χ1) is 9.13. The van der Waals surface area contributed by atoms with Gasteiger partial charge >= 0.3 is 0 Å². The highest BCUT2D eigenvalue weighted by atomic mass is 79.9. The minimum Gasteiger partial charge on any atom is -0.444 e. The van der Waals surface area contributed by atoms with Gasteiger partial charge in [-0.3, -0.25) is 0 Å². The van der Waals surface area contributed by atoms with Gasteiger partial charge < -0.3 is 9.73 Å². The van der Waals surface area contributed by atoms with Crippen LogP contribution in [0.3, 0.4) is 0 Å². The fourth-order valence-corrected chi connectivity index (χ4v) is 2.19. The second-order valence-corrected chi connectivity index (χ2v) is 5.09. The molecule has 1 unspecified atom stereocenters. The van der Waals surface area contributed by atoms with Crippen molar-refractivity contribution in [3.8, 4) is 0 Å². The summed E-state index contributed by atoms with van der Waals surface area (Å²) in [5, 5.41) is 7.51. The highest BCUT2D eigenvalue weighted by Gasteiger charge is 2.14. The van der Waals surface area contributed by atoms with Crippen molar-refractivity contribution in [3.05, 3.63) is 40.7 Å². The summed E-state index contributed by atoms with van der Waals surface area (Å²) in [7, 11) is 0. The number of hydrogen-bond acceptors (Lipinski definition) is 5. The molecule has 0 aromatic carbocycles. The molecule has 1 N–H and O–H groups in total. The first-order valence-electron chi connectivity index (χ1n) is 5.83. The quantitative estimate of drug-likeness (QED) is 0.803. The molecule has 0 amide bonds. The Labute approximate surface area is 118 Å². The largest absolute Gasteiger partial charge is 0.444 e. The van der Waals surface area contributed by atoms with Crippen LogP contribution in [0, 0.1) is 6.92 Å². The summed E-state index contributed by atoms with van der Waals surface area (Å²) in [6.07, 6.45) is 3.54. The van der Waals surface area contributed by atoms with E-state index in [0.717, 1.165) is 15.9 Å². The van der Waals surface area contributed by atoms with Crippen molar-refractivity contribution < 1.29 is 4.42 Å². The molecule has 0 bridgehead atoms. The lowest BCUT2D eigenvalue weighted by Gasteiger charge is -2.07. The van der Waals surface area contributed by atoms with E-state index >= 15 is 0 Å². The summed E-state index contributed by atoms with van der Waals surface area (Å²) in [6.45, 7) is 3.81. The molecule has 0 fully saturated rings. The summed E-state index contributed by atoms with van der Waals surface area (Å²) >= 11 is 3.44. The molecule has 0 aliphatic heterocycles. The number of nitrogens with zero attached hydrogens (tertiary/aromatic N) is 4. The van der Waals surface area contributed by atoms with Gasteiger partial charge in [-0.15, -0.1) is 5.10 Å². The van der Waals surface area contributed by atoms with Crippen LogP contribution in [0.5, 0.6) is 0 Å². The van der Waals surface area contributed by atoms with Crippen LogP contribution in [0.2, 0.25) is 0 Å². The topological polar surface area (TPSA) is 68.2 Å². The second-order valence-electron chi connectivity index (χ2n) is 4.23. The number of hydrogen-bond donors (Lipinski definition) is 1. The average molecular weight is 322 g/mol. The molecule has 6 nitrogen and oxygen atoms in total. The zero-order valence-corrected chi connectivity index (χ0v) is 12.0. The number of halogens is 1. The highest BCUT2D eigenvalue weighted by Crippen LogP contribution is 2.20. The molecule has 3 rings (SSSR count). The predicted molar refractivity (Wildman–Crippen MR) is 74.0 cm³/mol. The Balaban J connectivity index is 1.87. The van der Waals surface area contributed by atoms with Crippen LogP contribution < -0.4 is 5.32 Å². The van der Waals surface area contributed by atoms with E-state index in [4.69, 9.17) is 4.42 Å². The fraction of sp³-hybridized carbons (Fsp3) is 0.250. The van der Waals surface area contributed by atoms with E-state index in [1.165, 1.54) is 0 Å². The van der Waals surface area contributed by atoms with Crippen LogP contribution in [0.4, 0.5) is 5.95 Å². The number of oxazole rings is 1. The van der Waals surface area contributed by atoms with Crippen molar-refractivity contribution in [3.63, 3.8) is 0 Å². The van der Waals surface area contributed by atoms with Crippen LogP contribution in [0.1, 0.15) is 24.6 Å². The van der Waals surface area contributed by atoms with E-state index in [1.807, 2.05) is 32.2 Å². The number of fused-ring (bicyclic) bond motifs is 1. The lowest BCUT2D eigenvalue weighted by molar-refractivity contribution is 0.453. The number of pyridine rings is 1. The number of nitrogens with one attached hydrogen (secondary N) is 1. The van der Waals surface area contributed by atoms with E-state index in [9.17, 15) is 0 Å². The molecular weight excluding hydrogens is 310 g/mol. The molecule has 0 radical (unpaired) electrons. The molecule has 3 aromatic rings. The first kappa shape index (κ1) is 12.2. The van der Waals surface area contributed by atoms with Crippen LogP contribution >= 0.6 is 15.9 Å². The Kier molecular flexibility index (Phi) is 2.98. The zero-order valence-electron chi connectivity index (χ0n) is 10.5. The van der Waals surface area contributed by atoms with Gasteiger partial charge in [0.2, 0.25) is 11.8 Å². The standard InChI is InChI=1S/C12H12BrN5O/c1-7-6-14-11(19-7)8(2)15-12-16-10-9(13)4-3-5-18(10)17-12/h3-6,8H,1-2H3,(H,15,17). The van der Waals surface area contributed by atoms with Crippen LogP contribution in [-0.4, -0.2) is 19.6 Å². The monoisotopic (exact) mass is 321 g/mol. The van der Waals surface area contributed by atoms with Gasteiger partial charge in [-0.2, -0.15) is 4.98 Å². The highest BCUT2D eigenvalue weighted by molar-refractivity contribution is 9.10. The van der Waals surface area contributed by atoms with Gasteiger partial charge in [0.05, 0.1) is 10.7 Å². The van der Waals surface area contributed by atoms with Crippen molar-refractivity contribution in [1.82, 2.24) is 19.6 Å². The lowest BCUT2D eigenvalue weighted by atomic mass is 10.3. The molecule has 0 aliphatic rings. The summed E-state index contributed by atoms with van der Waals surface area (Å²) < 4.78 is 8.08. The predicted octanol–water partition coefficient (Wildman–Crippen LogP) is 2.96. The number of aryl methyl sites for hydroxylation is 1. The van der Waals surface area contributed by atoms with Crippen molar-refractivity contribution in [2.75, 3.05) is 5.32 Å². The number of rotatable bonds is 3. The van der Waals surface area contributed by atoms with E-state index in [0.29, 0.717) is 11.8 Å². The molecule has 0 aliphatic carbocycles. The van der Waals surface area contributed by atoms with Crippen molar-refractivity contribution >= 4 is 27.5 Å². The summed E-state index contributed by atoms with van der Waals surface area (Å²) in [5.41, 5.74) is 0.765. The van der Waals surface area contributed by atoms with E-state index in [-0.39, 0.29) is 6.04 Å². The van der Waals surface area contributed by atoms with Gasteiger partial charge in [-0.25, -0.2) is 9.50 Å². The molecular formula is C12H12BrN5O. The molecule has 19 heavy (non-hydrogen) atoms. The van der Waals surface area contributed by atoms with Gasteiger partial charge in [-0.1, -0.05) is 0 Å². The number of anilines is 1. The molecule has 0 saturated carbocycles. The molecule has 3 aromatic heterocycles. The van der Waals surface area contributed by atoms with Gasteiger partial charge in [-0.05, 0) is 41.9 Å². The Morgan fingerprint density at radius 1 is 1.47 bits per heavy atom. The molecule has 0 saturated heterocycles. The smallest absolute Gasteiger partial charge is 0.243 e. The lowest BCUT2D eigenvalue weighted by Crippen LogP contribution is -2.08. The summed E-state index contributed by atoms with van der Waals surface area (Å²) in [5.74, 6) is 1.94. The van der Waals surface area contributed by atoms with Gasteiger partial charge in [0, 0.05) is 6.20 Å². The SMILES string of the molecule is Cc1cnc(C(C)Nc2nc3c(Br)cccn3n2)o1. The third kappa shape index (κ3) is 2.33. The Hall–Kier alpha value is -1.89. The van der Waals surface area contributed by atoms with E-state index < -0.39 is 0 Å². The minimum atomic E-state index is -0.0927. The van der Waals surface area contributed by atoms with E-state index in [1.54, 1.807) is 10.7 Å². The van der Waals surface area contributed by atoms with Crippen molar-refractivity contribution in [2.45, 2.75) is 19.9 Å². The summed E-state index contributed by atoms with van der Waals surface area (Å²) in [4.78, 5) is 8.59. The first-order valence-corrected chi connectivity index (χ1v) is 6.62. The van der Waals surface area contributed by atoms with Gasteiger partial charge in [0.1, 0.15) is 11.8 Å². The fourth-order valence-electron chi connectivity index (χ4n) is 1.76. The second kappa shape index (κ2) is 4.65. The third-order valence-electron chi connectivity index (χ3n) is 2.67. The Bertz CT molecular complexity index is 720. The van der Waals surface area contributed by atoms with Crippen LogP contribution in [0.25, 0.3) is 5.65 Å². The van der Waals surface area contributed by atoms with Crippen LogP contribution in [0.15, 0.2) is 33.4 Å². The Morgan fingerprint density at radius 2 is 2.32 bits per heavy atom. The van der Waals surface area contributed by atoms with Crippen molar-refractivity contribution in [1.29, 1.82) is 0 Å². The maximum Gasteiger partial charge on any atom is 0.243 e. The molecule has 1 atom stereocenters.